The Morgan fingerprint density at radius 3 is 1.87 bits per heavy atom. The minimum absolute atomic E-state index is 0.00723. The lowest BCUT2D eigenvalue weighted by Crippen LogP contribution is -2.27. The highest BCUT2D eigenvalue weighted by Gasteiger charge is 2.28. The number of ether oxygens (including phenoxy) is 2. The van der Waals surface area contributed by atoms with Gasteiger partial charge in [-0.15, -0.1) is 0 Å². The zero-order valence-corrected chi connectivity index (χ0v) is 9.24. The molecule has 0 heterocycles. The van der Waals surface area contributed by atoms with E-state index in [1.165, 1.54) is 14.2 Å². The van der Waals surface area contributed by atoms with Gasteiger partial charge < -0.3 is 9.47 Å². The van der Waals surface area contributed by atoms with Crippen molar-refractivity contribution < 1.29 is 23.9 Å². The molecule has 0 radical (unpaired) electrons. The highest BCUT2D eigenvalue weighted by atomic mass is 16.5. The van der Waals surface area contributed by atoms with Gasteiger partial charge in [0.25, 0.3) is 0 Å². The molecule has 0 aromatic rings. The Hall–Kier alpha value is -1.39. The number of hydrogen-bond donors (Lipinski definition) is 0. The van der Waals surface area contributed by atoms with E-state index < -0.39 is 17.9 Å². The van der Waals surface area contributed by atoms with Crippen molar-refractivity contribution in [1.82, 2.24) is 0 Å². The lowest BCUT2D eigenvalue weighted by Gasteiger charge is -2.11. The van der Waals surface area contributed by atoms with Gasteiger partial charge in [-0.1, -0.05) is 6.92 Å². The summed E-state index contributed by atoms with van der Waals surface area (Å²) in [5.41, 5.74) is 0. The summed E-state index contributed by atoms with van der Waals surface area (Å²) in [4.78, 5) is 33.4. The van der Waals surface area contributed by atoms with E-state index in [0.29, 0.717) is 6.42 Å². The molecular formula is C10H16O5. The zero-order chi connectivity index (χ0) is 11.8. The van der Waals surface area contributed by atoms with Gasteiger partial charge in [0.05, 0.1) is 14.2 Å². The van der Waals surface area contributed by atoms with Gasteiger partial charge in [-0.05, 0) is 6.42 Å². The highest BCUT2D eigenvalue weighted by Crippen LogP contribution is 2.11. The van der Waals surface area contributed by atoms with Crippen molar-refractivity contribution in [3.05, 3.63) is 0 Å². The maximum absolute atomic E-state index is 11.2. The van der Waals surface area contributed by atoms with Gasteiger partial charge in [0.15, 0.2) is 5.92 Å². The second kappa shape index (κ2) is 6.98. The Morgan fingerprint density at radius 1 is 1.07 bits per heavy atom. The molecule has 5 heteroatoms. The Bertz CT molecular complexity index is 230. The first-order valence-electron chi connectivity index (χ1n) is 4.74. The molecular weight excluding hydrogens is 200 g/mol. The maximum Gasteiger partial charge on any atom is 0.320 e. The molecule has 0 N–H and O–H groups in total. The van der Waals surface area contributed by atoms with Crippen molar-refractivity contribution in [2.24, 2.45) is 5.92 Å². The van der Waals surface area contributed by atoms with Crippen LogP contribution in [0.5, 0.6) is 0 Å². The van der Waals surface area contributed by atoms with E-state index in [0.717, 1.165) is 0 Å². The van der Waals surface area contributed by atoms with Gasteiger partial charge >= 0.3 is 11.9 Å². The summed E-state index contributed by atoms with van der Waals surface area (Å²) in [5.74, 6) is -2.31. The monoisotopic (exact) mass is 216 g/mol. The number of carbonyl (C=O) groups is 3. The van der Waals surface area contributed by atoms with E-state index in [1.807, 2.05) is 0 Å². The number of esters is 2. The van der Waals surface area contributed by atoms with Gasteiger partial charge in [-0.2, -0.15) is 0 Å². The smallest absolute Gasteiger partial charge is 0.320 e. The first-order chi connectivity index (χ1) is 7.06. The van der Waals surface area contributed by atoms with Crippen LogP contribution in [0.4, 0.5) is 0 Å². The largest absolute Gasteiger partial charge is 0.468 e. The summed E-state index contributed by atoms with van der Waals surface area (Å²) in [5, 5.41) is 0. The molecule has 0 rings (SSSR count). The molecule has 0 fully saturated rings. The average Bonchev–Trinajstić information content (AvgIpc) is 2.27. The Balaban J connectivity index is 4.32. The van der Waals surface area contributed by atoms with E-state index in [-0.39, 0.29) is 18.6 Å². The van der Waals surface area contributed by atoms with Gasteiger partial charge in [-0.25, -0.2) is 0 Å². The number of hydrogen-bond acceptors (Lipinski definition) is 5. The van der Waals surface area contributed by atoms with Crippen LogP contribution >= 0.6 is 0 Å². The van der Waals surface area contributed by atoms with Crippen molar-refractivity contribution in [3.63, 3.8) is 0 Å². The molecule has 0 aliphatic rings. The predicted molar refractivity (Wildman–Crippen MR) is 52.1 cm³/mol. The van der Waals surface area contributed by atoms with E-state index in [2.05, 4.69) is 9.47 Å². The third-order valence-corrected chi connectivity index (χ3v) is 2.08. The van der Waals surface area contributed by atoms with Gasteiger partial charge in [-0.3, -0.25) is 14.4 Å². The van der Waals surface area contributed by atoms with Crippen molar-refractivity contribution in [2.75, 3.05) is 14.2 Å². The van der Waals surface area contributed by atoms with Crippen molar-refractivity contribution in [2.45, 2.75) is 26.2 Å². The molecule has 0 aromatic heterocycles. The summed E-state index contributed by atoms with van der Waals surface area (Å²) >= 11 is 0. The summed E-state index contributed by atoms with van der Waals surface area (Å²) < 4.78 is 8.90. The van der Waals surface area contributed by atoms with E-state index in [9.17, 15) is 14.4 Å². The fraction of sp³-hybridized carbons (Fsp3) is 0.700. The van der Waals surface area contributed by atoms with Crippen LogP contribution < -0.4 is 0 Å². The number of rotatable bonds is 6. The van der Waals surface area contributed by atoms with Crippen LogP contribution in [0.1, 0.15) is 26.2 Å². The van der Waals surface area contributed by atoms with Crippen LogP contribution in [0.3, 0.4) is 0 Å². The average molecular weight is 216 g/mol. The van der Waals surface area contributed by atoms with Gasteiger partial charge in [0, 0.05) is 12.8 Å². The molecule has 0 aliphatic carbocycles. The van der Waals surface area contributed by atoms with Crippen LogP contribution in [-0.4, -0.2) is 31.9 Å². The minimum atomic E-state index is -0.990. The molecule has 0 saturated carbocycles. The number of carbonyl (C=O) groups excluding carboxylic acids is 3. The summed E-state index contributed by atoms with van der Waals surface area (Å²) in [6, 6.07) is 0. The summed E-state index contributed by atoms with van der Waals surface area (Å²) in [6.45, 7) is 1.73. The van der Waals surface area contributed by atoms with E-state index in [1.54, 1.807) is 6.92 Å². The maximum atomic E-state index is 11.2. The molecule has 0 aliphatic heterocycles. The van der Waals surface area contributed by atoms with E-state index in [4.69, 9.17) is 0 Å². The molecule has 0 spiro atoms. The predicted octanol–water partition coefficient (Wildman–Crippen LogP) is 0.708. The first kappa shape index (κ1) is 13.6. The SMILES string of the molecule is CCC(=O)CCC(C(=O)OC)C(=O)OC. The quantitative estimate of drug-likeness (QED) is 0.483. The number of methoxy groups -OCH3 is 2. The molecule has 0 saturated heterocycles. The molecule has 0 amide bonds. The van der Waals surface area contributed by atoms with Crippen molar-refractivity contribution in [1.29, 1.82) is 0 Å². The Labute approximate surface area is 88.7 Å². The molecule has 0 atom stereocenters. The van der Waals surface area contributed by atoms with Crippen molar-refractivity contribution in [3.8, 4) is 0 Å². The first-order valence-corrected chi connectivity index (χ1v) is 4.74. The Kier molecular flexibility index (Phi) is 6.33. The highest BCUT2D eigenvalue weighted by molar-refractivity contribution is 5.95. The number of ketones is 1. The molecule has 0 aromatic carbocycles. The second-order valence-corrected chi connectivity index (χ2v) is 3.03. The Morgan fingerprint density at radius 2 is 1.53 bits per heavy atom. The van der Waals surface area contributed by atoms with Gasteiger partial charge in [0.2, 0.25) is 0 Å². The fourth-order valence-corrected chi connectivity index (χ4v) is 1.10. The molecule has 5 nitrogen and oxygen atoms in total. The minimum Gasteiger partial charge on any atom is -0.468 e. The lowest BCUT2D eigenvalue weighted by molar-refractivity contribution is -0.159. The molecule has 86 valence electrons. The van der Waals surface area contributed by atoms with Crippen LogP contribution in [0.15, 0.2) is 0 Å². The van der Waals surface area contributed by atoms with Crippen LogP contribution in [0, 0.1) is 5.92 Å². The van der Waals surface area contributed by atoms with Gasteiger partial charge in [0.1, 0.15) is 5.78 Å². The summed E-state index contributed by atoms with van der Waals surface area (Å²) in [7, 11) is 2.39. The fourth-order valence-electron chi connectivity index (χ4n) is 1.10. The zero-order valence-electron chi connectivity index (χ0n) is 9.24. The number of Topliss-reactive ketones (excluding diaryl/α,β-unsaturated/α-hetero) is 1. The lowest BCUT2D eigenvalue weighted by atomic mass is 10.0. The van der Waals surface area contributed by atoms with Crippen LogP contribution in [0.25, 0.3) is 0 Å². The second-order valence-electron chi connectivity index (χ2n) is 3.03. The summed E-state index contributed by atoms with van der Waals surface area (Å²) in [6.07, 6.45) is 0.729. The third-order valence-electron chi connectivity index (χ3n) is 2.08. The topological polar surface area (TPSA) is 69.7 Å². The molecule has 0 bridgehead atoms. The third kappa shape index (κ3) is 4.58. The van der Waals surface area contributed by atoms with Crippen LogP contribution in [-0.2, 0) is 23.9 Å². The molecule has 15 heavy (non-hydrogen) atoms. The van der Waals surface area contributed by atoms with Crippen molar-refractivity contribution >= 4 is 17.7 Å². The normalized spacial score (nSPS) is 9.87. The standard InChI is InChI=1S/C10H16O5/c1-4-7(11)5-6-8(9(12)14-2)10(13)15-3/h8H,4-6H2,1-3H3. The van der Waals surface area contributed by atoms with E-state index >= 15 is 0 Å². The van der Waals surface area contributed by atoms with Crippen LogP contribution in [0.2, 0.25) is 0 Å². The molecule has 0 unspecified atom stereocenters.